The van der Waals surface area contributed by atoms with Crippen LogP contribution in [0.15, 0.2) is 0 Å². The molecule has 2 unspecified atom stereocenters. The third kappa shape index (κ3) is 3.47. The Kier molecular flexibility index (Phi) is 4.83. The van der Waals surface area contributed by atoms with Gasteiger partial charge in [0.25, 0.3) is 0 Å². The Labute approximate surface area is 117 Å². The smallest absolute Gasteiger partial charge is 0.108 e. The molecule has 1 heterocycles. The molecule has 0 radical (unpaired) electrons. The zero-order valence-electron chi connectivity index (χ0n) is 12.5. The summed E-state index contributed by atoms with van der Waals surface area (Å²) in [5.74, 6) is 0. The zero-order chi connectivity index (χ0) is 13.9. The fourth-order valence-corrected chi connectivity index (χ4v) is 3.58. The molecule has 4 nitrogen and oxygen atoms in total. The minimum absolute atomic E-state index is 0.307. The SMILES string of the molecule is CC(C)NC1(C#N)CCC(N(C)C2CCOCC2)C1. The van der Waals surface area contributed by atoms with E-state index >= 15 is 0 Å². The van der Waals surface area contributed by atoms with E-state index in [0.29, 0.717) is 18.1 Å². The first-order valence-electron chi connectivity index (χ1n) is 7.55. The number of nitrogens with zero attached hydrogens (tertiary/aromatic N) is 2. The minimum atomic E-state index is -0.307. The summed E-state index contributed by atoms with van der Waals surface area (Å²) < 4.78 is 5.44. The van der Waals surface area contributed by atoms with E-state index in [-0.39, 0.29) is 5.54 Å². The van der Waals surface area contributed by atoms with Crippen LogP contribution < -0.4 is 5.32 Å². The van der Waals surface area contributed by atoms with Gasteiger partial charge >= 0.3 is 0 Å². The van der Waals surface area contributed by atoms with Crippen molar-refractivity contribution in [2.75, 3.05) is 20.3 Å². The number of rotatable bonds is 4. The lowest BCUT2D eigenvalue weighted by molar-refractivity contribution is 0.0286. The largest absolute Gasteiger partial charge is 0.381 e. The molecular formula is C15H27N3O. The molecule has 0 amide bonds. The summed E-state index contributed by atoms with van der Waals surface area (Å²) >= 11 is 0. The number of nitrogens with one attached hydrogen (secondary N) is 1. The molecule has 1 aliphatic heterocycles. The second-order valence-corrected chi connectivity index (χ2v) is 6.40. The van der Waals surface area contributed by atoms with Crippen molar-refractivity contribution in [1.82, 2.24) is 10.2 Å². The Morgan fingerprint density at radius 1 is 1.26 bits per heavy atom. The van der Waals surface area contributed by atoms with Crippen LogP contribution in [-0.4, -0.2) is 48.8 Å². The average Bonchev–Trinajstić information content (AvgIpc) is 2.83. The summed E-state index contributed by atoms with van der Waals surface area (Å²) in [4.78, 5) is 2.50. The van der Waals surface area contributed by atoms with Crippen molar-refractivity contribution < 1.29 is 4.74 Å². The van der Waals surface area contributed by atoms with Crippen LogP contribution in [0, 0.1) is 11.3 Å². The van der Waals surface area contributed by atoms with Gasteiger partial charge in [-0.25, -0.2) is 0 Å². The molecule has 2 rings (SSSR count). The van der Waals surface area contributed by atoms with E-state index in [1.807, 2.05) is 0 Å². The number of ether oxygens (including phenoxy) is 1. The summed E-state index contributed by atoms with van der Waals surface area (Å²) in [6, 6.07) is 4.07. The third-order valence-corrected chi connectivity index (χ3v) is 4.61. The lowest BCUT2D eigenvalue weighted by atomic mass is 9.97. The number of hydrogen-bond donors (Lipinski definition) is 1. The predicted molar refractivity (Wildman–Crippen MR) is 75.9 cm³/mol. The summed E-state index contributed by atoms with van der Waals surface area (Å²) in [5, 5.41) is 13.0. The van der Waals surface area contributed by atoms with Crippen molar-refractivity contribution in [2.45, 2.75) is 69.6 Å². The third-order valence-electron chi connectivity index (χ3n) is 4.61. The van der Waals surface area contributed by atoms with Gasteiger partial charge in [0.05, 0.1) is 6.07 Å². The average molecular weight is 265 g/mol. The Balaban J connectivity index is 1.94. The Hall–Kier alpha value is -0.630. The van der Waals surface area contributed by atoms with Gasteiger partial charge in [0.1, 0.15) is 5.54 Å². The lowest BCUT2D eigenvalue weighted by Crippen LogP contribution is -2.48. The van der Waals surface area contributed by atoms with E-state index in [1.54, 1.807) is 0 Å². The van der Waals surface area contributed by atoms with Crippen LogP contribution in [0.3, 0.4) is 0 Å². The molecule has 2 fully saturated rings. The first-order valence-corrected chi connectivity index (χ1v) is 7.55. The van der Waals surface area contributed by atoms with Crippen molar-refractivity contribution in [3.05, 3.63) is 0 Å². The van der Waals surface area contributed by atoms with E-state index in [4.69, 9.17) is 4.74 Å². The molecule has 2 aliphatic rings. The van der Waals surface area contributed by atoms with E-state index in [0.717, 1.165) is 45.3 Å². The Bertz CT molecular complexity index is 333. The second kappa shape index (κ2) is 6.21. The van der Waals surface area contributed by atoms with Crippen molar-refractivity contribution in [1.29, 1.82) is 5.26 Å². The van der Waals surface area contributed by atoms with Crippen LogP contribution in [0.25, 0.3) is 0 Å². The first kappa shape index (κ1) is 14.8. The Morgan fingerprint density at radius 3 is 2.53 bits per heavy atom. The molecule has 0 spiro atoms. The van der Waals surface area contributed by atoms with Crippen molar-refractivity contribution in [3.63, 3.8) is 0 Å². The molecule has 0 aromatic heterocycles. The van der Waals surface area contributed by atoms with Crippen LogP contribution in [-0.2, 0) is 4.74 Å². The van der Waals surface area contributed by atoms with E-state index in [2.05, 4.69) is 37.2 Å². The molecule has 108 valence electrons. The number of nitriles is 1. The summed E-state index contributed by atoms with van der Waals surface area (Å²) in [6.07, 6.45) is 5.31. The molecule has 1 saturated heterocycles. The monoisotopic (exact) mass is 265 g/mol. The number of hydrogen-bond acceptors (Lipinski definition) is 4. The van der Waals surface area contributed by atoms with Crippen molar-refractivity contribution in [2.24, 2.45) is 0 Å². The summed E-state index contributed by atoms with van der Waals surface area (Å²) in [6.45, 7) is 6.01. The van der Waals surface area contributed by atoms with Crippen molar-refractivity contribution >= 4 is 0 Å². The fourth-order valence-electron chi connectivity index (χ4n) is 3.58. The molecule has 4 heteroatoms. The highest BCUT2D eigenvalue weighted by Crippen LogP contribution is 2.34. The zero-order valence-corrected chi connectivity index (χ0v) is 12.5. The molecule has 0 aromatic carbocycles. The van der Waals surface area contributed by atoms with Crippen LogP contribution >= 0.6 is 0 Å². The molecule has 0 aromatic rings. The normalized spacial score (nSPS) is 32.9. The maximum absolute atomic E-state index is 9.52. The minimum Gasteiger partial charge on any atom is -0.381 e. The molecule has 19 heavy (non-hydrogen) atoms. The quantitative estimate of drug-likeness (QED) is 0.843. The van der Waals surface area contributed by atoms with Crippen LogP contribution in [0.5, 0.6) is 0 Å². The molecule has 2 atom stereocenters. The Morgan fingerprint density at radius 2 is 1.95 bits per heavy atom. The second-order valence-electron chi connectivity index (χ2n) is 6.40. The first-order chi connectivity index (χ1) is 9.06. The standard InChI is InChI=1S/C15H27N3O/c1-12(2)17-15(11-16)7-4-14(10-15)18(3)13-5-8-19-9-6-13/h12-14,17H,4-10H2,1-3H3. The van der Waals surface area contributed by atoms with Gasteiger partial charge < -0.3 is 9.64 Å². The highest BCUT2D eigenvalue weighted by atomic mass is 16.5. The highest BCUT2D eigenvalue weighted by molar-refractivity contribution is 5.14. The van der Waals surface area contributed by atoms with Gasteiger partial charge in [-0.15, -0.1) is 0 Å². The summed E-state index contributed by atoms with van der Waals surface area (Å²) in [5.41, 5.74) is -0.307. The van der Waals surface area contributed by atoms with Gasteiger partial charge in [-0.05, 0) is 53.0 Å². The van der Waals surface area contributed by atoms with Gasteiger partial charge in [0, 0.05) is 31.3 Å². The van der Waals surface area contributed by atoms with Crippen LogP contribution in [0.2, 0.25) is 0 Å². The molecular weight excluding hydrogens is 238 g/mol. The van der Waals surface area contributed by atoms with Crippen LogP contribution in [0.4, 0.5) is 0 Å². The van der Waals surface area contributed by atoms with Gasteiger partial charge in [0.2, 0.25) is 0 Å². The van der Waals surface area contributed by atoms with E-state index < -0.39 is 0 Å². The van der Waals surface area contributed by atoms with Crippen molar-refractivity contribution in [3.8, 4) is 6.07 Å². The van der Waals surface area contributed by atoms with Gasteiger partial charge in [-0.2, -0.15) is 5.26 Å². The molecule has 0 bridgehead atoms. The highest BCUT2D eigenvalue weighted by Gasteiger charge is 2.42. The maximum Gasteiger partial charge on any atom is 0.108 e. The van der Waals surface area contributed by atoms with E-state index in [9.17, 15) is 5.26 Å². The lowest BCUT2D eigenvalue weighted by Gasteiger charge is -2.36. The van der Waals surface area contributed by atoms with Gasteiger partial charge in [-0.3, -0.25) is 5.32 Å². The topological polar surface area (TPSA) is 48.3 Å². The van der Waals surface area contributed by atoms with E-state index in [1.165, 1.54) is 0 Å². The summed E-state index contributed by atoms with van der Waals surface area (Å²) in [7, 11) is 2.23. The van der Waals surface area contributed by atoms with Gasteiger partial charge in [-0.1, -0.05) is 0 Å². The van der Waals surface area contributed by atoms with Crippen LogP contribution in [0.1, 0.15) is 46.0 Å². The predicted octanol–water partition coefficient (Wildman–Crippen LogP) is 1.91. The fraction of sp³-hybridized carbons (Fsp3) is 0.933. The van der Waals surface area contributed by atoms with Gasteiger partial charge in [0.15, 0.2) is 0 Å². The molecule has 1 aliphatic carbocycles. The maximum atomic E-state index is 9.52. The molecule has 1 saturated carbocycles. The molecule has 1 N–H and O–H groups in total.